The van der Waals surface area contributed by atoms with E-state index in [0.717, 1.165) is 11.4 Å². The predicted molar refractivity (Wildman–Crippen MR) is 88.8 cm³/mol. The maximum atomic E-state index is 11.0. The molecule has 1 atom stereocenters. The van der Waals surface area contributed by atoms with Crippen LogP contribution in [0.4, 0.5) is 11.4 Å². The van der Waals surface area contributed by atoms with Crippen molar-refractivity contribution in [3.8, 4) is 5.75 Å². The van der Waals surface area contributed by atoms with Gasteiger partial charge in [0, 0.05) is 36.2 Å². The lowest BCUT2D eigenvalue weighted by molar-refractivity contribution is -0.403. The van der Waals surface area contributed by atoms with Gasteiger partial charge in [-0.25, -0.2) is 4.58 Å². The number of phenols is 1. The molecular formula is C18H19N2O3+. The number of phenolic OH excluding ortho intramolecular Hbond substituents is 1. The Hall–Kier alpha value is -2.69. The van der Waals surface area contributed by atoms with Gasteiger partial charge in [0.05, 0.1) is 10.3 Å². The fourth-order valence-electron chi connectivity index (χ4n) is 3.41. The minimum absolute atomic E-state index is 0.00121. The van der Waals surface area contributed by atoms with Crippen LogP contribution >= 0.6 is 0 Å². The van der Waals surface area contributed by atoms with Crippen molar-refractivity contribution in [1.29, 1.82) is 0 Å². The molecule has 0 fully saturated rings. The third kappa shape index (κ3) is 2.29. The first kappa shape index (κ1) is 15.2. The normalized spacial score (nSPS) is 19.8. The fourth-order valence-corrected chi connectivity index (χ4v) is 3.41. The molecule has 118 valence electrons. The van der Waals surface area contributed by atoms with Crippen molar-refractivity contribution in [1.82, 2.24) is 0 Å². The number of aromatic hydroxyl groups is 1. The number of rotatable bonds is 3. The van der Waals surface area contributed by atoms with Crippen LogP contribution in [-0.4, -0.2) is 27.4 Å². The average Bonchev–Trinajstić information content (AvgIpc) is 2.72. The van der Waals surface area contributed by atoms with Crippen LogP contribution in [0, 0.1) is 10.1 Å². The molecule has 0 saturated carbocycles. The topological polar surface area (TPSA) is 66.4 Å². The lowest BCUT2D eigenvalue weighted by Crippen LogP contribution is -2.32. The Kier molecular flexibility index (Phi) is 3.43. The number of fused-ring (bicyclic) bond motifs is 1. The van der Waals surface area contributed by atoms with Crippen LogP contribution in [0.1, 0.15) is 25.0 Å². The van der Waals surface area contributed by atoms with E-state index in [1.807, 2.05) is 19.2 Å². The first-order valence-corrected chi connectivity index (χ1v) is 7.48. The first-order chi connectivity index (χ1) is 10.8. The summed E-state index contributed by atoms with van der Waals surface area (Å²) in [7, 11) is 2.02. The van der Waals surface area contributed by atoms with Crippen molar-refractivity contribution >= 4 is 17.1 Å². The summed E-state index contributed by atoms with van der Waals surface area (Å²) in [5, 5.41) is 21.2. The number of non-ortho nitro benzene ring substituents is 1. The first-order valence-electron chi connectivity index (χ1n) is 7.48. The number of nitro groups is 1. The molecule has 1 heterocycles. The maximum absolute atomic E-state index is 11.0. The molecular weight excluding hydrogens is 292 g/mol. The van der Waals surface area contributed by atoms with E-state index in [-0.39, 0.29) is 16.9 Å². The minimum Gasteiger partial charge on any atom is -0.508 e. The molecule has 5 heteroatoms. The predicted octanol–water partition coefficient (Wildman–Crippen LogP) is 3.55. The van der Waals surface area contributed by atoms with Gasteiger partial charge in [0.2, 0.25) is 5.69 Å². The van der Waals surface area contributed by atoms with Crippen LogP contribution < -0.4 is 0 Å². The van der Waals surface area contributed by atoms with E-state index in [4.69, 9.17) is 0 Å². The van der Waals surface area contributed by atoms with Crippen molar-refractivity contribution in [3.05, 3.63) is 63.7 Å². The highest BCUT2D eigenvalue weighted by Crippen LogP contribution is 2.42. The quantitative estimate of drug-likeness (QED) is 0.535. The maximum Gasteiger partial charge on any atom is 0.269 e. The minimum atomic E-state index is -0.434. The molecule has 1 unspecified atom stereocenters. The molecule has 2 aromatic carbocycles. The molecule has 1 aliphatic heterocycles. The summed E-state index contributed by atoms with van der Waals surface area (Å²) >= 11 is 0. The van der Waals surface area contributed by atoms with Gasteiger partial charge in [-0.3, -0.25) is 10.1 Å². The number of nitro benzene ring substituents is 1. The summed E-state index contributed by atoms with van der Waals surface area (Å²) in [6.45, 7) is 4.18. The van der Waals surface area contributed by atoms with Gasteiger partial charge in [-0.1, -0.05) is 18.2 Å². The van der Waals surface area contributed by atoms with Gasteiger partial charge in [-0.15, -0.1) is 0 Å². The third-order valence-electron chi connectivity index (χ3n) is 4.98. The molecule has 1 aliphatic rings. The van der Waals surface area contributed by atoms with Gasteiger partial charge >= 0.3 is 0 Å². The number of benzene rings is 2. The van der Waals surface area contributed by atoms with E-state index in [0.29, 0.717) is 12.0 Å². The smallest absolute Gasteiger partial charge is 0.269 e. The highest BCUT2D eigenvalue weighted by Gasteiger charge is 2.45. The van der Waals surface area contributed by atoms with E-state index >= 15 is 0 Å². The van der Waals surface area contributed by atoms with Crippen LogP contribution in [0.2, 0.25) is 0 Å². The molecule has 0 aromatic heterocycles. The van der Waals surface area contributed by atoms with Gasteiger partial charge < -0.3 is 5.11 Å². The summed E-state index contributed by atoms with van der Waals surface area (Å²) in [5.41, 5.74) is 3.75. The highest BCUT2D eigenvalue weighted by atomic mass is 16.6. The molecule has 0 bridgehead atoms. The molecule has 2 aromatic rings. The Morgan fingerprint density at radius 1 is 1.26 bits per heavy atom. The second kappa shape index (κ2) is 5.19. The van der Waals surface area contributed by atoms with Crippen molar-refractivity contribution in [2.45, 2.75) is 25.7 Å². The standard InChI is InChI=1S/C18H18N2O3/c1-12-18(2,15-6-4-5-7-16(15)19(12)3)11-13-10-14(20(22)23)8-9-17(13)21/h4-10H,11H2,1-3H3/p+1. The van der Waals surface area contributed by atoms with E-state index in [1.54, 1.807) is 0 Å². The molecule has 0 aliphatic carbocycles. The third-order valence-corrected chi connectivity index (χ3v) is 4.98. The van der Waals surface area contributed by atoms with Crippen molar-refractivity contribution in [2.24, 2.45) is 0 Å². The van der Waals surface area contributed by atoms with Crippen molar-refractivity contribution < 1.29 is 14.6 Å². The number of hydrogen-bond acceptors (Lipinski definition) is 3. The summed E-state index contributed by atoms with van der Waals surface area (Å²) in [6.07, 6.45) is 0.508. The zero-order valence-corrected chi connectivity index (χ0v) is 13.4. The summed E-state index contributed by atoms with van der Waals surface area (Å²) in [4.78, 5) is 10.6. The van der Waals surface area contributed by atoms with E-state index in [9.17, 15) is 15.2 Å². The highest BCUT2D eigenvalue weighted by molar-refractivity contribution is 5.94. The van der Waals surface area contributed by atoms with Gasteiger partial charge in [0.25, 0.3) is 5.69 Å². The van der Waals surface area contributed by atoms with E-state index < -0.39 is 4.92 Å². The van der Waals surface area contributed by atoms with E-state index in [1.165, 1.54) is 23.8 Å². The fraction of sp³-hybridized carbons (Fsp3) is 0.278. The number of para-hydroxylation sites is 1. The largest absolute Gasteiger partial charge is 0.508 e. The Morgan fingerprint density at radius 3 is 2.65 bits per heavy atom. The summed E-state index contributed by atoms with van der Waals surface area (Å²) in [6, 6.07) is 12.3. The van der Waals surface area contributed by atoms with Crippen LogP contribution in [0.25, 0.3) is 0 Å². The molecule has 0 spiro atoms. The second-order valence-corrected chi connectivity index (χ2v) is 6.24. The average molecular weight is 311 g/mol. The van der Waals surface area contributed by atoms with Gasteiger partial charge in [0.15, 0.2) is 5.71 Å². The molecule has 0 radical (unpaired) electrons. The van der Waals surface area contributed by atoms with Gasteiger partial charge in [-0.05, 0) is 19.4 Å². The SMILES string of the molecule is CC1=[N+](C)c2ccccc2C1(C)Cc1cc([N+](=O)[O-])ccc1O. The van der Waals surface area contributed by atoms with Crippen molar-refractivity contribution in [3.63, 3.8) is 0 Å². The Morgan fingerprint density at radius 2 is 1.96 bits per heavy atom. The molecule has 0 saturated heterocycles. The summed E-state index contributed by atoms with van der Waals surface area (Å²) in [5.74, 6) is 0.0941. The van der Waals surface area contributed by atoms with Gasteiger partial charge in [-0.2, -0.15) is 0 Å². The number of hydrogen-bond donors (Lipinski definition) is 1. The molecule has 0 amide bonds. The van der Waals surface area contributed by atoms with Crippen LogP contribution in [0.5, 0.6) is 5.75 Å². The summed E-state index contributed by atoms with van der Waals surface area (Å²) < 4.78 is 2.14. The lowest BCUT2D eigenvalue weighted by atomic mass is 9.75. The Bertz CT molecular complexity index is 842. The Labute approximate surface area is 134 Å². The molecule has 5 nitrogen and oxygen atoms in total. The number of nitrogens with zero attached hydrogens (tertiary/aromatic N) is 2. The van der Waals surface area contributed by atoms with E-state index in [2.05, 4.69) is 30.6 Å². The molecule has 23 heavy (non-hydrogen) atoms. The second-order valence-electron chi connectivity index (χ2n) is 6.24. The van der Waals surface area contributed by atoms with Gasteiger partial charge in [0.1, 0.15) is 12.8 Å². The monoisotopic (exact) mass is 311 g/mol. The molecule has 3 rings (SSSR count). The lowest BCUT2D eigenvalue weighted by Gasteiger charge is -2.22. The zero-order valence-electron chi connectivity index (χ0n) is 13.4. The van der Waals surface area contributed by atoms with Crippen LogP contribution in [0.15, 0.2) is 42.5 Å². The Balaban J connectivity index is 2.10. The van der Waals surface area contributed by atoms with Crippen LogP contribution in [-0.2, 0) is 11.8 Å². The molecule has 1 N–H and O–H groups in total. The zero-order chi connectivity index (χ0) is 16.8. The van der Waals surface area contributed by atoms with Crippen LogP contribution in [0.3, 0.4) is 0 Å². The van der Waals surface area contributed by atoms with Crippen molar-refractivity contribution in [2.75, 3.05) is 7.05 Å².